The molecule has 0 radical (unpaired) electrons. The van der Waals surface area contributed by atoms with E-state index in [-0.39, 0.29) is 0 Å². The molecule has 1 heterocycles. The fourth-order valence-corrected chi connectivity index (χ4v) is 2.38. The van der Waals surface area contributed by atoms with E-state index in [0.717, 1.165) is 22.4 Å². The van der Waals surface area contributed by atoms with E-state index in [9.17, 15) is 0 Å². The lowest BCUT2D eigenvalue weighted by atomic mass is 10.1. The Labute approximate surface area is 139 Å². The Morgan fingerprint density at radius 3 is 2.41 bits per heavy atom. The lowest BCUT2D eigenvalue weighted by molar-refractivity contribution is 0.306. The normalized spacial score (nSPS) is 10.5. The lowest BCUT2D eigenvalue weighted by Gasteiger charge is -2.08. The molecule has 2 nitrogen and oxygen atoms in total. The molecule has 22 heavy (non-hydrogen) atoms. The Hall–Kier alpha value is -2.03. The number of para-hydroxylation sites is 1. The molecule has 3 rings (SSSR count). The van der Waals surface area contributed by atoms with Crippen LogP contribution < -0.4 is 4.74 Å². The lowest BCUT2D eigenvalue weighted by Crippen LogP contribution is -1.96. The quantitative estimate of drug-likeness (QED) is 0.618. The molecule has 0 unspecified atom stereocenters. The molecule has 0 N–H and O–H groups in total. The first-order valence-corrected chi connectivity index (χ1v) is 7.55. The summed E-state index contributed by atoms with van der Waals surface area (Å²) in [7, 11) is 0. The first-order valence-electron chi connectivity index (χ1n) is 6.79. The van der Waals surface area contributed by atoms with Gasteiger partial charge in [0.2, 0.25) is 0 Å². The van der Waals surface area contributed by atoms with Crippen LogP contribution in [0, 0.1) is 0 Å². The second-order valence-corrected chi connectivity index (χ2v) is 5.63. The van der Waals surface area contributed by atoms with Gasteiger partial charge in [0.1, 0.15) is 12.4 Å². The fourth-order valence-electron chi connectivity index (χ4n) is 2.08. The van der Waals surface area contributed by atoms with Crippen molar-refractivity contribution >= 4 is 23.2 Å². The highest BCUT2D eigenvalue weighted by molar-refractivity contribution is 6.42. The molecule has 0 amide bonds. The summed E-state index contributed by atoms with van der Waals surface area (Å²) in [6, 6.07) is 17.3. The number of halogens is 2. The molecule has 0 spiro atoms. The van der Waals surface area contributed by atoms with Gasteiger partial charge in [0.05, 0.1) is 10.0 Å². The highest BCUT2D eigenvalue weighted by Gasteiger charge is 2.04. The zero-order valence-corrected chi connectivity index (χ0v) is 13.2. The first-order chi connectivity index (χ1) is 10.7. The predicted molar refractivity (Wildman–Crippen MR) is 90.5 cm³/mol. The van der Waals surface area contributed by atoms with Gasteiger partial charge in [-0.3, -0.25) is 4.98 Å². The smallest absolute Gasteiger partial charge is 0.119 e. The third-order valence-corrected chi connectivity index (χ3v) is 3.94. The first kappa shape index (κ1) is 14.9. The molecule has 0 atom stereocenters. The Balaban J connectivity index is 1.79. The molecule has 0 aliphatic carbocycles. The second-order valence-electron chi connectivity index (χ2n) is 4.81. The van der Waals surface area contributed by atoms with Gasteiger partial charge in [-0.25, -0.2) is 0 Å². The van der Waals surface area contributed by atoms with Gasteiger partial charge in [-0.05, 0) is 35.9 Å². The van der Waals surface area contributed by atoms with Crippen LogP contribution in [0.5, 0.6) is 5.75 Å². The van der Waals surface area contributed by atoms with E-state index in [2.05, 4.69) is 4.98 Å². The van der Waals surface area contributed by atoms with Crippen LogP contribution in [-0.2, 0) is 6.61 Å². The number of pyridine rings is 1. The van der Waals surface area contributed by atoms with Crippen molar-refractivity contribution in [1.82, 2.24) is 4.98 Å². The van der Waals surface area contributed by atoms with Crippen LogP contribution >= 0.6 is 23.2 Å². The van der Waals surface area contributed by atoms with Crippen molar-refractivity contribution in [1.29, 1.82) is 0 Å². The molecule has 0 fully saturated rings. The molecule has 4 heteroatoms. The van der Waals surface area contributed by atoms with E-state index < -0.39 is 0 Å². The molecule has 1 aromatic heterocycles. The number of hydrogen-bond acceptors (Lipinski definition) is 2. The zero-order valence-electron chi connectivity index (χ0n) is 11.7. The van der Waals surface area contributed by atoms with Crippen LogP contribution in [-0.4, -0.2) is 4.98 Å². The summed E-state index contributed by atoms with van der Waals surface area (Å²) < 4.78 is 5.74. The third-order valence-electron chi connectivity index (χ3n) is 3.20. The number of nitrogens with zero attached hydrogens (tertiary/aromatic N) is 1. The van der Waals surface area contributed by atoms with Crippen molar-refractivity contribution in [2.45, 2.75) is 6.61 Å². The summed E-state index contributed by atoms with van der Waals surface area (Å²) in [6.07, 6.45) is 3.59. The van der Waals surface area contributed by atoms with Crippen molar-refractivity contribution in [2.75, 3.05) is 0 Å². The SMILES string of the molecule is Clc1ccc(-c2cncc(COc3ccccc3)c2)cc1Cl. The summed E-state index contributed by atoms with van der Waals surface area (Å²) in [5, 5.41) is 1.08. The minimum Gasteiger partial charge on any atom is -0.489 e. The number of aromatic nitrogens is 1. The van der Waals surface area contributed by atoms with Crippen LogP contribution in [0.3, 0.4) is 0 Å². The highest BCUT2D eigenvalue weighted by atomic mass is 35.5. The van der Waals surface area contributed by atoms with Crippen molar-refractivity contribution in [3.8, 4) is 16.9 Å². The number of benzene rings is 2. The summed E-state index contributed by atoms with van der Waals surface area (Å²) in [4.78, 5) is 4.27. The van der Waals surface area contributed by atoms with Gasteiger partial charge in [-0.15, -0.1) is 0 Å². The van der Waals surface area contributed by atoms with Gasteiger partial charge < -0.3 is 4.74 Å². The molecule has 0 aliphatic heterocycles. The maximum absolute atomic E-state index is 6.07. The van der Waals surface area contributed by atoms with Crippen molar-refractivity contribution in [3.63, 3.8) is 0 Å². The molecule has 0 saturated heterocycles. The highest BCUT2D eigenvalue weighted by Crippen LogP contribution is 2.28. The molecular formula is C18H13Cl2NO. The van der Waals surface area contributed by atoms with E-state index in [1.54, 1.807) is 18.5 Å². The maximum Gasteiger partial charge on any atom is 0.119 e. The van der Waals surface area contributed by atoms with Crippen LogP contribution in [0.15, 0.2) is 67.0 Å². The van der Waals surface area contributed by atoms with Crippen molar-refractivity contribution < 1.29 is 4.74 Å². The Morgan fingerprint density at radius 1 is 0.818 bits per heavy atom. The predicted octanol–water partition coefficient (Wildman–Crippen LogP) is 5.63. The summed E-state index contributed by atoms with van der Waals surface area (Å²) >= 11 is 12.0. The largest absolute Gasteiger partial charge is 0.489 e. The Bertz CT molecular complexity index is 775. The van der Waals surface area contributed by atoms with Gasteiger partial charge in [0.25, 0.3) is 0 Å². The average molecular weight is 330 g/mol. The molecule has 0 aliphatic rings. The van der Waals surface area contributed by atoms with Gasteiger partial charge in [0.15, 0.2) is 0 Å². The van der Waals surface area contributed by atoms with Crippen molar-refractivity contribution in [2.24, 2.45) is 0 Å². The van der Waals surface area contributed by atoms with Gasteiger partial charge >= 0.3 is 0 Å². The molecule has 0 bridgehead atoms. The van der Waals surface area contributed by atoms with Crippen molar-refractivity contribution in [3.05, 3.63) is 82.6 Å². The Morgan fingerprint density at radius 2 is 1.64 bits per heavy atom. The minimum atomic E-state index is 0.464. The second kappa shape index (κ2) is 6.82. The van der Waals surface area contributed by atoms with E-state index in [0.29, 0.717) is 16.7 Å². The molecule has 2 aromatic carbocycles. The van der Waals surface area contributed by atoms with Crippen LogP contribution in [0.4, 0.5) is 0 Å². The van der Waals surface area contributed by atoms with Gasteiger partial charge in [0, 0.05) is 23.5 Å². The van der Waals surface area contributed by atoms with Crippen LogP contribution in [0.25, 0.3) is 11.1 Å². The van der Waals surface area contributed by atoms with Crippen LogP contribution in [0.2, 0.25) is 10.0 Å². The minimum absolute atomic E-state index is 0.464. The summed E-state index contributed by atoms with van der Waals surface area (Å²) in [5.41, 5.74) is 2.95. The summed E-state index contributed by atoms with van der Waals surface area (Å²) in [6.45, 7) is 0.464. The van der Waals surface area contributed by atoms with E-state index in [4.69, 9.17) is 27.9 Å². The van der Waals surface area contributed by atoms with E-state index in [1.165, 1.54) is 0 Å². The number of hydrogen-bond donors (Lipinski definition) is 0. The average Bonchev–Trinajstić information content (AvgIpc) is 2.57. The monoisotopic (exact) mass is 329 g/mol. The number of rotatable bonds is 4. The zero-order chi connectivity index (χ0) is 15.4. The fraction of sp³-hybridized carbons (Fsp3) is 0.0556. The van der Waals surface area contributed by atoms with Gasteiger partial charge in [-0.1, -0.05) is 47.5 Å². The Kier molecular flexibility index (Phi) is 4.62. The standard InChI is InChI=1S/C18H13Cl2NO/c19-17-7-6-14(9-18(17)20)15-8-13(10-21-11-15)12-22-16-4-2-1-3-5-16/h1-11H,12H2. The topological polar surface area (TPSA) is 22.1 Å². The molecule has 3 aromatic rings. The summed E-state index contributed by atoms with van der Waals surface area (Å²) in [5.74, 6) is 0.836. The van der Waals surface area contributed by atoms with Gasteiger partial charge in [-0.2, -0.15) is 0 Å². The third kappa shape index (κ3) is 3.59. The molecule has 110 valence electrons. The number of ether oxygens (including phenoxy) is 1. The molecular weight excluding hydrogens is 317 g/mol. The molecule has 0 saturated carbocycles. The van der Waals surface area contributed by atoms with E-state index >= 15 is 0 Å². The maximum atomic E-state index is 6.07. The van der Waals surface area contributed by atoms with E-state index in [1.807, 2.05) is 48.5 Å². The van der Waals surface area contributed by atoms with Crippen LogP contribution in [0.1, 0.15) is 5.56 Å².